The fourth-order valence-electron chi connectivity index (χ4n) is 3.13. The van der Waals surface area contributed by atoms with Crippen LogP contribution in [-0.4, -0.2) is 41.1 Å². The first kappa shape index (κ1) is 16.8. The summed E-state index contributed by atoms with van der Waals surface area (Å²) < 4.78 is 5.13. The predicted molar refractivity (Wildman–Crippen MR) is 95.1 cm³/mol. The molecule has 2 N–H and O–H groups in total. The van der Waals surface area contributed by atoms with Gasteiger partial charge in [0.2, 0.25) is 0 Å². The molecule has 0 saturated heterocycles. The number of ether oxygens (including phenoxy) is 1. The number of aromatic amines is 1. The van der Waals surface area contributed by atoms with Gasteiger partial charge in [-0.1, -0.05) is 18.2 Å². The zero-order valence-corrected chi connectivity index (χ0v) is 14.2. The van der Waals surface area contributed by atoms with Crippen LogP contribution in [0.1, 0.15) is 17.2 Å². The molecule has 0 aliphatic heterocycles. The van der Waals surface area contributed by atoms with E-state index in [2.05, 4.69) is 4.98 Å². The van der Waals surface area contributed by atoms with Crippen LogP contribution in [-0.2, 0) is 0 Å². The second-order valence-corrected chi connectivity index (χ2v) is 6.00. The van der Waals surface area contributed by atoms with E-state index in [4.69, 9.17) is 4.74 Å². The molecule has 0 saturated carbocycles. The number of phenols is 1. The molecule has 1 atom stereocenters. The largest absolute Gasteiger partial charge is 0.504 e. The quantitative estimate of drug-likeness (QED) is 0.548. The Morgan fingerprint density at radius 2 is 1.96 bits per heavy atom. The predicted octanol–water partition coefficient (Wildman–Crippen LogP) is 3.44. The molecule has 2 aromatic carbocycles. The molecule has 1 aromatic heterocycles. The third-order valence-corrected chi connectivity index (χ3v) is 4.25. The van der Waals surface area contributed by atoms with Crippen molar-refractivity contribution in [1.29, 1.82) is 0 Å². The van der Waals surface area contributed by atoms with Gasteiger partial charge in [-0.25, -0.2) is 0 Å². The Hall–Kier alpha value is -3.06. The van der Waals surface area contributed by atoms with Gasteiger partial charge >= 0.3 is 0 Å². The number of fused-ring (bicyclic) bond motifs is 1. The van der Waals surface area contributed by atoms with Crippen molar-refractivity contribution in [2.24, 2.45) is 0 Å². The van der Waals surface area contributed by atoms with Gasteiger partial charge in [0.1, 0.15) is 0 Å². The highest BCUT2D eigenvalue weighted by molar-refractivity contribution is 5.84. The number of para-hydroxylation sites is 1. The molecule has 0 radical (unpaired) electrons. The first-order valence-electron chi connectivity index (χ1n) is 7.71. The molecule has 3 rings (SSSR count). The van der Waals surface area contributed by atoms with Crippen LogP contribution in [0.2, 0.25) is 0 Å². The third-order valence-electron chi connectivity index (χ3n) is 4.25. The lowest BCUT2D eigenvalue weighted by Gasteiger charge is -2.26. The van der Waals surface area contributed by atoms with Crippen molar-refractivity contribution in [2.75, 3.05) is 21.2 Å². The Labute approximate surface area is 144 Å². The zero-order valence-electron chi connectivity index (χ0n) is 14.2. The minimum Gasteiger partial charge on any atom is -0.504 e. The molecule has 0 spiro atoms. The smallest absolute Gasteiger partial charge is 0.273 e. The standard InChI is InChI=1S/C18H19N3O4/c1-20(2)17(14-10-19-15-7-5-4-6-12(14)15)13-8-11(21(23)24)9-16(25-3)18(13)22/h4-10,17,19,22H,1-3H3. The second-order valence-electron chi connectivity index (χ2n) is 6.00. The number of nitrogens with zero attached hydrogens (tertiary/aromatic N) is 2. The molecule has 7 nitrogen and oxygen atoms in total. The molecule has 0 aliphatic rings. The number of nitrogens with one attached hydrogen (secondary N) is 1. The van der Waals surface area contributed by atoms with Crippen molar-refractivity contribution in [3.05, 3.63) is 63.8 Å². The van der Waals surface area contributed by atoms with Crippen molar-refractivity contribution in [2.45, 2.75) is 6.04 Å². The molecule has 1 heterocycles. The van der Waals surface area contributed by atoms with Crippen molar-refractivity contribution in [3.8, 4) is 11.5 Å². The first-order chi connectivity index (χ1) is 11.9. The summed E-state index contributed by atoms with van der Waals surface area (Å²) in [4.78, 5) is 15.9. The number of nitro benzene ring substituents is 1. The highest BCUT2D eigenvalue weighted by Gasteiger charge is 2.27. The van der Waals surface area contributed by atoms with Gasteiger partial charge in [-0.2, -0.15) is 0 Å². The van der Waals surface area contributed by atoms with Crippen LogP contribution < -0.4 is 4.74 Å². The zero-order chi connectivity index (χ0) is 18.1. The van der Waals surface area contributed by atoms with Crippen LogP contribution in [0, 0.1) is 10.1 Å². The average molecular weight is 341 g/mol. The number of H-pyrrole nitrogens is 1. The van der Waals surface area contributed by atoms with Crippen LogP contribution >= 0.6 is 0 Å². The molecular formula is C18H19N3O4. The van der Waals surface area contributed by atoms with Gasteiger partial charge < -0.3 is 14.8 Å². The summed E-state index contributed by atoms with van der Waals surface area (Å²) in [7, 11) is 5.09. The molecule has 0 amide bonds. The van der Waals surface area contributed by atoms with E-state index in [1.807, 2.05) is 49.5 Å². The number of nitro groups is 1. The Balaban J connectivity index is 2.26. The van der Waals surface area contributed by atoms with E-state index in [0.29, 0.717) is 5.56 Å². The molecule has 0 bridgehead atoms. The van der Waals surface area contributed by atoms with Crippen LogP contribution in [0.4, 0.5) is 5.69 Å². The molecule has 130 valence electrons. The number of rotatable bonds is 5. The molecule has 7 heteroatoms. The fourth-order valence-corrected chi connectivity index (χ4v) is 3.13. The van der Waals surface area contributed by atoms with Gasteiger partial charge in [-0.05, 0) is 25.7 Å². The van der Waals surface area contributed by atoms with E-state index in [-0.39, 0.29) is 23.2 Å². The molecular weight excluding hydrogens is 322 g/mol. The number of non-ortho nitro benzene ring substituents is 1. The van der Waals surface area contributed by atoms with Gasteiger partial charge in [-0.3, -0.25) is 15.0 Å². The summed E-state index contributed by atoms with van der Waals surface area (Å²) in [5.41, 5.74) is 2.16. The Morgan fingerprint density at radius 1 is 1.24 bits per heavy atom. The summed E-state index contributed by atoms with van der Waals surface area (Å²) in [6.45, 7) is 0. The summed E-state index contributed by atoms with van der Waals surface area (Å²) in [6.07, 6.45) is 1.86. The number of hydrogen-bond donors (Lipinski definition) is 2. The Morgan fingerprint density at radius 3 is 2.60 bits per heavy atom. The maximum atomic E-state index is 11.3. The maximum Gasteiger partial charge on any atom is 0.273 e. The number of hydrogen-bond acceptors (Lipinski definition) is 5. The Bertz CT molecular complexity index is 933. The van der Waals surface area contributed by atoms with Gasteiger partial charge in [0.05, 0.1) is 24.1 Å². The Kier molecular flexibility index (Phi) is 4.33. The molecule has 3 aromatic rings. The van der Waals surface area contributed by atoms with E-state index >= 15 is 0 Å². The van der Waals surface area contributed by atoms with Crippen molar-refractivity contribution < 1.29 is 14.8 Å². The van der Waals surface area contributed by atoms with E-state index in [1.165, 1.54) is 19.2 Å². The topological polar surface area (TPSA) is 91.6 Å². The highest BCUT2D eigenvalue weighted by atomic mass is 16.6. The number of phenolic OH excluding ortho intramolecular Hbond substituents is 1. The van der Waals surface area contributed by atoms with Gasteiger partial charge in [0.15, 0.2) is 11.5 Å². The summed E-state index contributed by atoms with van der Waals surface area (Å²) in [5, 5.41) is 22.9. The summed E-state index contributed by atoms with van der Waals surface area (Å²) in [6, 6.07) is 10.0. The van der Waals surface area contributed by atoms with Crippen molar-refractivity contribution in [3.63, 3.8) is 0 Å². The van der Waals surface area contributed by atoms with Crippen molar-refractivity contribution in [1.82, 2.24) is 9.88 Å². The van der Waals surface area contributed by atoms with Crippen LogP contribution in [0.25, 0.3) is 10.9 Å². The molecule has 0 aliphatic carbocycles. The van der Waals surface area contributed by atoms with E-state index in [1.54, 1.807) is 0 Å². The monoisotopic (exact) mass is 341 g/mol. The summed E-state index contributed by atoms with van der Waals surface area (Å²) >= 11 is 0. The lowest BCUT2D eigenvalue weighted by molar-refractivity contribution is -0.385. The van der Waals surface area contributed by atoms with E-state index in [9.17, 15) is 15.2 Å². The lowest BCUT2D eigenvalue weighted by atomic mass is 9.95. The maximum absolute atomic E-state index is 11.3. The van der Waals surface area contributed by atoms with Gasteiger partial charge in [0.25, 0.3) is 5.69 Å². The van der Waals surface area contributed by atoms with Crippen LogP contribution in [0.15, 0.2) is 42.6 Å². The van der Waals surface area contributed by atoms with Crippen LogP contribution in [0.3, 0.4) is 0 Å². The minimum atomic E-state index is -0.493. The van der Waals surface area contributed by atoms with Gasteiger partial charge in [0, 0.05) is 28.7 Å². The van der Waals surface area contributed by atoms with Crippen molar-refractivity contribution >= 4 is 16.6 Å². The normalized spacial score (nSPS) is 12.5. The van der Waals surface area contributed by atoms with E-state index in [0.717, 1.165) is 16.5 Å². The first-order valence-corrected chi connectivity index (χ1v) is 7.71. The molecule has 0 fully saturated rings. The average Bonchev–Trinajstić information content (AvgIpc) is 3.00. The third kappa shape index (κ3) is 2.89. The number of methoxy groups -OCH3 is 1. The molecule has 1 unspecified atom stereocenters. The SMILES string of the molecule is COc1cc([N+](=O)[O-])cc(C(c2c[nH]c3ccccc23)N(C)C)c1O. The minimum absolute atomic E-state index is 0.0795. The summed E-state index contributed by atoms with van der Waals surface area (Å²) in [5.74, 6) is -0.0204. The van der Waals surface area contributed by atoms with E-state index < -0.39 is 4.92 Å². The van der Waals surface area contributed by atoms with Gasteiger partial charge in [-0.15, -0.1) is 0 Å². The van der Waals surface area contributed by atoms with Crippen LogP contribution in [0.5, 0.6) is 11.5 Å². The second kappa shape index (κ2) is 6.45. The number of benzene rings is 2. The fraction of sp³-hybridized carbons (Fsp3) is 0.222. The lowest BCUT2D eigenvalue weighted by Crippen LogP contribution is -2.21. The highest BCUT2D eigenvalue weighted by Crippen LogP contribution is 2.43. The molecule has 25 heavy (non-hydrogen) atoms. The number of aromatic nitrogens is 1. The number of aromatic hydroxyl groups is 1.